The molecule has 0 bridgehead atoms. The van der Waals surface area contributed by atoms with Crippen molar-refractivity contribution >= 4 is 29.7 Å². The Balaban J connectivity index is 2.21. The number of hydrogen-bond acceptors (Lipinski definition) is 11. The Morgan fingerprint density at radius 3 is 2.29 bits per heavy atom. The Morgan fingerprint density at radius 2 is 1.73 bits per heavy atom. The van der Waals surface area contributed by atoms with Gasteiger partial charge in [-0.1, -0.05) is 60.3 Å². The number of aliphatic hydroxyl groups excluding tert-OH is 1. The van der Waals surface area contributed by atoms with Gasteiger partial charge in [0.1, 0.15) is 18.3 Å². The molecule has 1 fully saturated rings. The van der Waals surface area contributed by atoms with E-state index in [9.17, 15) is 29.1 Å². The van der Waals surface area contributed by atoms with E-state index in [1.165, 1.54) is 32.3 Å². The summed E-state index contributed by atoms with van der Waals surface area (Å²) in [5, 5.41) is 12.0. The Morgan fingerprint density at radius 1 is 1.07 bits per heavy atom. The normalized spacial score (nSPS) is 31.6. The highest BCUT2D eigenvalue weighted by atomic mass is 16.6. The summed E-state index contributed by atoms with van der Waals surface area (Å²) >= 11 is 0. The van der Waals surface area contributed by atoms with Crippen molar-refractivity contribution in [3.63, 3.8) is 0 Å². The minimum Gasteiger partial charge on any atom is -0.461 e. The van der Waals surface area contributed by atoms with Crippen molar-refractivity contribution < 1.29 is 48.0 Å². The molecule has 246 valence electrons. The molecule has 0 spiro atoms. The first-order valence-corrected chi connectivity index (χ1v) is 15.2. The molecule has 1 aromatic heterocycles. The van der Waals surface area contributed by atoms with Crippen LogP contribution in [0.1, 0.15) is 78.6 Å². The quantitative estimate of drug-likeness (QED) is 0.274. The summed E-state index contributed by atoms with van der Waals surface area (Å²) < 4.78 is 23.4. The fourth-order valence-electron chi connectivity index (χ4n) is 6.32. The van der Waals surface area contributed by atoms with Crippen LogP contribution in [0.2, 0.25) is 0 Å². The molecule has 2 aliphatic carbocycles. The van der Waals surface area contributed by atoms with E-state index in [4.69, 9.17) is 18.9 Å². The molecule has 1 aromatic rings. The van der Waals surface area contributed by atoms with E-state index in [1.54, 1.807) is 59.8 Å². The summed E-state index contributed by atoms with van der Waals surface area (Å²) in [5.41, 5.74) is -2.60. The maximum atomic E-state index is 14.4. The number of fused-ring (bicyclic) bond motifs is 1. The highest BCUT2D eigenvalue weighted by Gasteiger charge is 2.64. The lowest BCUT2D eigenvalue weighted by atomic mass is 9.73. The van der Waals surface area contributed by atoms with E-state index in [0.29, 0.717) is 0 Å². The van der Waals surface area contributed by atoms with Gasteiger partial charge in [0, 0.05) is 50.4 Å². The van der Waals surface area contributed by atoms with Gasteiger partial charge < -0.3 is 24.1 Å². The van der Waals surface area contributed by atoms with E-state index in [2.05, 4.69) is 11.6 Å². The van der Waals surface area contributed by atoms with Crippen LogP contribution in [0, 0.1) is 29.1 Å². The Hall–Kier alpha value is -3.86. The first-order valence-electron chi connectivity index (χ1n) is 15.2. The zero-order valence-electron chi connectivity index (χ0n) is 27.3. The molecule has 11 nitrogen and oxygen atoms in total. The van der Waals surface area contributed by atoms with E-state index in [1.807, 2.05) is 0 Å². The molecule has 0 radical (unpaired) electrons. The van der Waals surface area contributed by atoms with Gasteiger partial charge in [-0.2, -0.15) is 0 Å². The van der Waals surface area contributed by atoms with Crippen LogP contribution in [0.4, 0.5) is 0 Å². The zero-order valence-corrected chi connectivity index (χ0v) is 27.3. The van der Waals surface area contributed by atoms with Gasteiger partial charge >= 0.3 is 23.9 Å². The van der Waals surface area contributed by atoms with Crippen molar-refractivity contribution in [2.24, 2.45) is 29.1 Å². The summed E-state index contributed by atoms with van der Waals surface area (Å²) in [6.07, 6.45) is 1.15. The molecule has 8 atom stereocenters. The molecule has 11 heteroatoms. The van der Waals surface area contributed by atoms with Crippen molar-refractivity contribution in [3.8, 4) is 0 Å². The van der Waals surface area contributed by atoms with Crippen LogP contribution >= 0.6 is 0 Å². The minimum absolute atomic E-state index is 0.00322. The molecular weight excluding hydrogens is 582 g/mol. The highest BCUT2D eigenvalue weighted by Crippen LogP contribution is 2.50. The topological polar surface area (TPSA) is 155 Å². The predicted molar refractivity (Wildman–Crippen MR) is 162 cm³/mol. The second-order valence-corrected chi connectivity index (χ2v) is 13.1. The van der Waals surface area contributed by atoms with Crippen LogP contribution in [0.25, 0.3) is 0 Å². The van der Waals surface area contributed by atoms with E-state index in [0.717, 1.165) is 0 Å². The van der Waals surface area contributed by atoms with Crippen molar-refractivity contribution in [2.45, 2.75) is 98.2 Å². The number of pyridine rings is 1. The van der Waals surface area contributed by atoms with Gasteiger partial charge in [0.15, 0.2) is 11.4 Å². The lowest BCUT2D eigenvalue weighted by molar-refractivity contribution is -0.182. The maximum absolute atomic E-state index is 14.4. The van der Waals surface area contributed by atoms with Gasteiger partial charge in [0.05, 0.1) is 23.5 Å². The van der Waals surface area contributed by atoms with Crippen LogP contribution in [0.3, 0.4) is 0 Å². The number of allylic oxidation sites excluding steroid dienone is 1. The number of Topliss-reactive ketones (excluding diaryl/α,β-unsaturated/α-hetero) is 1. The lowest BCUT2D eigenvalue weighted by Crippen LogP contribution is -2.56. The van der Waals surface area contributed by atoms with E-state index >= 15 is 0 Å². The van der Waals surface area contributed by atoms with Crippen LogP contribution < -0.4 is 0 Å². The number of hydrogen-bond donors (Lipinski definition) is 1. The first kappa shape index (κ1) is 35.6. The fraction of sp³-hybridized carbons (Fsp3) is 0.588. The lowest BCUT2D eigenvalue weighted by Gasteiger charge is -2.41. The third kappa shape index (κ3) is 7.87. The fourth-order valence-corrected chi connectivity index (χ4v) is 6.32. The Labute approximate surface area is 264 Å². The summed E-state index contributed by atoms with van der Waals surface area (Å²) in [4.78, 5) is 69.3. The molecule has 45 heavy (non-hydrogen) atoms. The second kappa shape index (κ2) is 14.1. The SMILES string of the molecule is C=C1C[C@@H](OC(C)=O)[C@@H](OC(=O)c2cccnc2)C(C)(C)C=C[C@H](C)C(=O)[C@@]2(OC(C)=O)C[C@H](C)[C@H](OC(=O)C(C)C)[C@@H]2[C@H]1O. The molecule has 0 amide bonds. The van der Waals surface area contributed by atoms with Gasteiger partial charge in [-0.25, -0.2) is 4.79 Å². The summed E-state index contributed by atoms with van der Waals surface area (Å²) in [6, 6.07) is 3.12. The number of rotatable bonds is 6. The smallest absolute Gasteiger partial charge is 0.340 e. The standard InChI is InChI=1S/C34H45NO10/c1-18(2)31(40)43-28-21(5)16-34(45-23(7)37)26(28)27(38)20(4)15-25(42-22(6)36)30(33(8,9)13-12-19(3)29(34)39)44-32(41)24-11-10-14-35-17-24/h10-14,17-19,21,25-28,30,38H,4,15-16H2,1-3,5-9H3/t19-,21-,25+,26-,27-,28-,30+,34+/m0/s1. The molecule has 0 aliphatic heterocycles. The van der Waals surface area contributed by atoms with Crippen molar-refractivity contribution in [3.05, 3.63) is 54.4 Å². The average molecular weight is 628 g/mol. The first-order chi connectivity index (χ1) is 20.9. The average Bonchev–Trinajstić information content (AvgIpc) is 3.23. The largest absolute Gasteiger partial charge is 0.461 e. The van der Waals surface area contributed by atoms with Gasteiger partial charge in [0.25, 0.3) is 0 Å². The van der Waals surface area contributed by atoms with Gasteiger partial charge in [-0.05, 0) is 23.6 Å². The summed E-state index contributed by atoms with van der Waals surface area (Å²) in [5.74, 6) is -6.22. The molecule has 1 heterocycles. The van der Waals surface area contributed by atoms with Crippen LogP contribution in [-0.2, 0) is 38.1 Å². The number of nitrogens with zero attached hydrogens (tertiary/aromatic N) is 1. The zero-order chi connectivity index (χ0) is 33.9. The number of ether oxygens (including phenoxy) is 4. The Kier molecular flexibility index (Phi) is 11.1. The van der Waals surface area contributed by atoms with Crippen molar-refractivity contribution in [2.75, 3.05) is 0 Å². The van der Waals surface area contributed by atoms with Gasteiger partial charge in [-0.3, -0.25) is 24.2 Å². The summed E-state index contributed by atoms with van der Waals surface area (Å²) in [7, 11) is 0. The van der Waals surface area contributed by atoms with Gasteiger partial charge in [0.2, 0.25) is 0 Å². The number of ketones is 1. The highest BCUT2D eigenvalue weighted by molar-refractivity contribution is 5.93. The molecule has 0 unspecified atom stereocenters. The third-order valence-electron chi connectivity index (χ3n) is 8.51. The van der Waals surface area contributed by atoms with Crippen LogP contribution in [-0.4, -0.2) is 69.8 Å². The third-order valence-corrected chi connectivity index (χ3v) is 8.51. The maximum Gasteiger partial charge on any atom is 0.340 e. The van der Waals surface area contributed by atoms with E-state index < -0.39 is 88.8 Å². The molecule has 2 aliphatic rings. The van der Waals surface area contributed by atoms with E-state index in [-0.39, 0.29) is 24.0 Å². The molecule has 0 saturated heterocycles. The predicted octanol–water partition coefficient (Wildman–Crippen LogP) is 4.17. The molecule has 0 aromatic carbocycles. The second-order valence-electron chi connectivity index (χ2n) is 13.1. The summed E-state index contributed by atoms with van der Waals surface area (Å²) in [6.45, 7) is 16.7. The minimum atomic E-state index is -1.86. The monoisotopic (exact) mass is 627 g/mol. The molecule has 1 N–H and O–H groups in total. The van der Waals surface area contributed by atoms with Crippen molar-refractivity contribution in [1.82, 2.24) is 4.98 Å². The van der Waals surface area contributed by atoms with Crippen LogP contribution in [0.5, 0.6) is 0 Å². The van der Waals surface area contributed by atoms with Gasteiger partial charge in [-0.15, -0.1) is 0 Å². The molecule has 3 rings (SSSR count). The van der Waals surface area contributed by atoms with Crippen molar-refractivity contribution in [1.29, 1.82) is 0 Å². The number of aromatic nitrogens is 1. The van der Waals surface area contributed by atoms with Crippen LogP contribution in [0.15, 0.2) is 48.8 Å². The number of aliphatic hydroxyl groups is 1. The Bertz CT molecular complexity index is 1340. The number of carbonyl (C=O) groups is 5. The number of carbonyl (C=O) groups excluding carboxylic acids is 5. The number of esters is 4. The molecular formula is C34H45NO10. The molecule has 1 saturated carbocycles.